The van der Waals surface area contributed by atoms with Gasteiger partial charge >= 0.3 is 0 Å². The predicted molar refractivity (Wildman–Crippen MR) is 59.5 cm³/mol. The third-order valence-corrected chi connectivity index (χ3v) is 2.70. The van der Waals surface area contributed by atoms with Crippen LogP contribution in [0.5, 0.6) is 0 Å². The molecule has 88 valence electrons. The third kappa shape index (κ3) is 3.25. The van der Waals surface area contributed by atoms with Crippen molar-refractivity contribution in [2.24, 2.45) is 0 Å². The zero-order chi connectivity index (χ0) is 11.4. The van der Waals surface area contributed by atoms with Gasteiger partial charge < -0.3 is 4.74 Å². The van der Waals surface area contributed by atoms with E-state index in [0.717, 1.165) is 38.2 Å². The van der Waals surface area contributed by atoms with Gasteiger partial charge in [0.15, 0.2) is 0 Å². The molecule has 0 spiro atoms. The first kappa shape index (κ1) is 11.5. The van der Waals surface area contributed by atoms with Gasteiger partial charge in [0.1, 0.15) is 5.82 Å². The van der Waals surface area contributed by atoms with Crippen LogP contribution in [-0.4, -0.2) is 35.7 Å². The second-order valence-electron chi connectivity index (χ2n) is 4.28. The molecule has 0 radical (unpaired) electrons. The van der Waals surface area contributed by atoms with Crippen molar-refractivity contribution in [3.63, 3.8) is 0 Å². The number of ether oxygens (including phenoxy) is 1. The molecule has 1 aromatic rings. The zero-order valence-electron chi connectivity index (χ0n) is 9.53. The lowest BCUT2D eigenvalue weighted by Crippen LogP contribution is -2.29. The van der Waals surface area contributed by atoms with Crippen LogP contribution in [-0.2, 0) is 11.3 Å². The Morgan fingerprint density at radius 3 is 3.25 bits per heavy atom. The lowest BCUT2D eigenvalue weighted by atomic mass is 10.2. The zero-order valence-corrected chi connectivity index (χ0v) is 9.53. The van der Waals surface area contributed by atoms with Crippen LogP contribution >= 0.6 is 0 Å². The largest absolute Gasteiger partial charge is 0.377 e. The summed E-state index contributed by atoms with van der Waals surface area (Å²) in [7, 11) is 0. The first-order valence-electron chi connectivity index (χ1n) is 5.67. The molecule has 1 fully saturated rings. The van der Waals surface area contributed by atoms with Crippen LogP contribution in [0.1, 0.15) is 18.9 Å². The molecule has 1 saturated heterocycles. The summed E-state index contributed by atoms with van der Waals surface area (Å²) in [5.41, 5.74) is 0.925. The Kier molecular flexibility index (Phi) is 3.85. The number of hydrogen-bond acceptors (Lipinski definition) is 3. The second kappa shape index (κ2) is 5.37. The highest BCUT2D eigenvalue weighted by Crippen LogP contribution is 2.10. The van der Waals surface area contributed by atoms with Gasteiger partial charge in [0.05, 0.1) is 12.3 Å². The lowest BCUT2D eigenvalue weighted by Gasteiger charge is -2.21. The molecule has 0 saturated carbocycles. The predicted octanol–water partition coefficient (Wildman–Crippen LogP) is 1.83. The van der Waals surface area contributed by atoms with Crippen molar-refractivity contribution in [2.75, 3.05) is 19.7 Å². The Balaban J connectivity index is 1.97. The molecule has 16 heavy (non-hydrogen) atoms. The second-order valence-corrected chi connectivity index (χ2v) is 4.28. The number of hydrogen-bond donors (Lipinski definition) is 0. The van der Waals surface area contributed by atoms with Crippen molar-refractivity contribution in [1.29, 1.82) is 0 Å². The SMILES string of the molecule is C[C@H]1CN(Cc2cncc(F)c2)CCCO1. The molecule has 0 N–H and O–H groups in total. The number of aromatic nitrogens is 1. The van der Waals surface area contributed by atoms with E-state index in [1.54, 1.807) is 12.3 Å². The summed E-state index contributed by atoms with van der Waals surface area (Å²) in [5, 5.41) is 0. The van der Waals surface area contributed by atoms with Gasteiger partial charge in [-0.25, -0.2) is 4.39 Å². The normalized spacial score (nSPS) is 23.0. The summed E-state index contributed by atoms with van der Waals surface area (Å²) in [6.45, 7) is 5.54. The summed E-state index contributed by atoms with van der Waals surface area (Å²) in [6, 6.07) is 1.55. The molecule has 2 rings (SSSR count). The van der Waals surface area contributed by atoms with Crippen LogP contribution in [0.2, 0.25) is 0 Å². The highest BCUT2D eigenvalue weighted by molar-refractivity contribution is 5.09. The molecular formula is C12H17FN2O. The number of halogens is 1. The highest BCUT2D eigenvalue weighted by atomic mass is 19.1. The minimum Gasteiger partial charge on any atom is -0.377 e. The summed E-state index contributed by atoms with van der Waals surface area (Å²) >= 11 is 0. The van der Waals surface area contributed by atoms with Gasteiger partial charge in [-0.3, -0.25) is 9.88 Å². The van der Waals surface area contributed by atoms with Gasteiger partial charge in [0.25, 0.3) is 0 Å². The molecule has 0 amide bonds. The molecule has 1 aliphatic heterocycles. The number of pyridine rings is 1. The van der Waals surface area contributed by atoms with Crippen molar-refractivity contribution >= 4 is 0 Å². The maximum atomic E-state index is 13.0. The van der Waals surface area contributed by atoms with Crippen LogP contribution in [0.25, 0.3) is 0 Å². The van der Waals surface area contributed by atoms with Gasteiger partial charge in [0, 0.05) is 32.4 Å². The maximum Gasteiger partial charge on any atom is 0.141 e. The minimum atomic E-state index is -0.267. The van der Waals surface area contributed by atoms with Gasteiger partial charge in [-0.1, -0.05) is 0 Å². The van der Waals surface area contributed by atoms with Crippen LogP contribution in [0.4, 0.5) is 4.39 Å². The average molecular weight is 224 g/mol. The topological polar surface area (TPSA) is 25.4 Å². The van der Waals surface area contributed by atoms with Crippen molar-refractivity contribution in [3.05, 3.63) is 29.8 Å². The van der Waals surface area contributed by atoms with E-state index in [1.165, 1.54) is 6.20 Å². The minimum absolute atomic E-state index is 0.254. The molecule has 0 aliphatic carbocycles. The van der Waals surface area contributed by atoms with Crippen LogP contribution < -0.4 is 0 Å². The summed E-state index contributed by atoms with van der Waals surface area (Å²) in [6.07, 6.45) is 4.24. The first-order valence-corrected chi connectivity index (χ1v) is 5.67. The molecule has 0 aromatic carbocycles. The monoisotopic (exact) mass is 224 g/mol. The lowest BCUT2D eigenvalue weighted by molar-refractivity contribution is 0.0668. The van der Waals surface area contributed by atoms with E-state index in [1.807, 2.05) is 0 Å². The summed E-state index contributed by atoms with van der Waals surface area (Å²) in [5.74, 6) is -0.267. The standard InChI is InChI=1S/C12H17FN2O/c1-10-8-15(3-2-4-16-10)9-11-5-12(13)7-14-6-11/h5-7,10H,2-4,8-9H2,1H3/t10-/m0/s1. The van der Waals surface area contributed by atoms with Crippen molar-refractivity contribution in [2.45, 2.75) is 26.0 Å². The maximum absolute atomic E-state index is 13.0. The molecule has 3 nitrogen and oxygen atoms in total. The Morgan fingerprint density at radius 2 is 2.44 bits per heavy atom. The number of rotatable bonds is 2. The van der Waals surface area contributed by atoms with E-state index in [9.17, 15) is 4.39 Å². The van der Waals surface area contributed by atoms with Crippen molar-refractivity contribution in [1.82, 2.24) is 9.88 Å². The Morgan fingerprint density at radius 1 is 1.56 bits per heavy atom. The van der Waals surface area contributed by atoms with Crippen LogP contribution in [0, 0.1) is 5.82 Å². The fourth-order valence-electron chi connectivity index (χ4n) is 2.02. The van der Waals surface area contributed by atoms with Gasteiger partial charge in [-0.05, 0) is 25.0 Å². The van der Waals surface area contributed by atoms with E-state index in [4.69, 9.17) is 4.74 Å². The Bertz CT molecular complexity index is 346. The van der Waals surface area contributed by atoms with Crippen LogP contribution in [0.15, 0.2) is 18.5 Å². The Hall–Kier alpha value is -1.00. The summed E-state index contributed by atoms with van der Waals surface area (Å²) < 4.78 is 18.5. The van der Waals surface area contributed by atoms with Gasteiger partial charge in [-0.15, -0.1) is 0 Å². The van der Waals surface area contributed by atoms with E-state index >= 15 is 0 Å². The number of nitrogens with zero attached hydrogens (tertiary/aromatic N) is 2. The van der Waals surface area contributed by atoms with E-state index in [-0.39, 0.29) is 11.9 Å². The van der Waals surface area contributed by atoms with Crippen LogP contribution in [0.3, 0.4) is 0 Å². The first-order chi connectivity index (χ1) is 7.74. The van der Waals surface area contributed by atoms with Gasteiger partial charge in [-0.2, -0.15) is 0 Å². The molecule has 0 unspecified atom stereocenters. The molecule has 1 aliphatic rings. The van der Waals surface area contributed by atoms with E-state index in [2.05, 4.69) is 16.8 Å². The molecule has 4 heteroatoms. The molecule has 2 heterocycles. The molecule has 1 atom stereocenters. The fourth-order valence-corrected chi connectivity index (χ4v) is 2.02. The van der Waals surface area contributed by atoms with Crippen molar-refractivity contribution in [3.8, 4) is 0 Å². The summed E-state index contributed by atoms with van der Waals surface area (Å²) in [4.78, 5) is 6.15. The third-order valence-electron chi connectivity index (χ3n) is 2.70. The average Bonchev–Trinajstić information content (AvgIpc) is 2.43. The molecular weight excluding hydrogens is 207 g/mol. The van der Waals surface area contributed by atoms with E-state index < -0.39 is 0 Å². The highest BCUT2D eigenvalue weighted by Gasteiger charge is 2.15. The molecule has 0 bridgehead atoms. The van der Waals surface area contributed by atoms with E-state index in [0.29, 0.717) is 0 Å². The quantitative estimate of drug-likeness (QED) is 0.766. The molecule has 1 aromatic heterocycles. The Labute approximate surface area is 95.2 Å². The van der Waals surface area contributed by atoms with Crippen molar-refractivity contribution < 1.29 is 9.13 Å². The van der Waals surface area contributed by atoms with Gasteiger partial charge in [0.2, 0.25) is 0 Å². The fraction of sp³-hybridized carbons (Fsp3) is 0.583. The smallest absolute Gasteiger partial charge is 0.141 e.